The van der Waals surface area contributed by atoms with E-state index in [0.717, 1.165) is 7.05 Å². The molecule has 1 heterocycles. The van der Waals surface area contributed by atoms with Crippen molar-refractivity contribution in [3.05, 3.63) is 40.6 Å². The highest BCUT2D eigenvalue weighted by molar-refractivity contribution is 5.90. The summed E-state index contributed by atoms with van der Waals surface area (Å²) in [6.45, 7) is 1.70. The monoisotopic (exact) mass is 344 g/mol. The second-order valence-electron chi connectivity index (χ2n) is 4.83. The van der Waals surface area contributed by atoms with Crippen LogP contribution in [-0.4, -0.2) is 26.9 Å². The zero-order valence-corrected chi connectivity index (χ0v) is 12.9. The van der Waals surface area contributed by atoms with E-state index in [1.54, 1.807) is 24.3 Å². The highest BCUT2D eigenvalue weighted by Crippen LogP contribution is 2.26. The molecule has 0 atom stereocenters. The number of anilines is 1. The lowest BCUT2D eigenvalue weighted by Gasteiger charge is -2.07. The summed E-state index contributed by atoms with van der Waals surface area (Å²) in [5.41, 5.74) is -0.604. The molecule has 7 nitrogen and oxygen atoms in total. The predicted octanol–water partition coefficient (Wildman–Crippen LogP) is 1.64. The van der Waals surface area contributed by atoms with Crippen molar-refractivity contribution in [2.24, 2.45) is 7.05 Å². The maximum absolute atomic E-state index is 12.7. The second kappa shape index (κ2) is 6.77. The highest BCUT2D eigenvalue weighted by Gasteiger charge is 2.38. The lowest BCUT2D eigenvalue weighted by molar-refractivity contribution is -0.147. The van der Waals surface area contributed by atoms with E-state index in [4.69, 9.17) is 4.74 Å². The van der Waals surface area contributed by atoms with Gasteiger partial charge in [-0.25, -0.2) is 9.48 Å². The molecule has 1 aromatic heterocycles. The minimum Gasteiger partial charge on any atom is -0.494 e. The van der Waals surface area contributed by atoms with Crippen LogP contribution in [0.15, 0.2) is 29.1 Å². The Kier molecular flexibility index (Phi) is 4.96. The molecule has 1 N–H and O–H groups in total. The van der Waals surface area contributed by atoms with Crippen molar-refractivity contribution < 1.29 is 22.7 Å². The van der Waals surface area contributed by atoms with Gasteiger partial charge in [0.05, 0.1) is 6.61 Å². The van der Waals surface area contributed by atoms with Gasteiger partial charge in [-0.15, -0.1) is 5.10 Å². The van der Waals surface area contributed by atoms with E-state index < -0.39 is 30.1 Å². The third-order valence-electron chi connectivity index (χ3n) is 3.04. The van der Waals surface area contributed by atoms with E-state index >= 15 is 0 Å². The van der Waals surface area contributed by atoms with Crippen molar-refractivity contribution in [1.29, 1.82) is 0 Å². The van der Waals surface area contributed by atoms with Crippen LogP contribution in [0.3, 0.4) is 0 Å². The van der Waals surface area contributed by atoms with Crippen LogP contribution in [0.2, 0.25) is 0 Å². The van der Waals surface area contributed by atoms with Gasteiger partial charge in [0.25, 0.3) is 0 Å². The first-order chi connectivity index (χ1) is 11.2. The van der Waals surface area contributed by atoms with Crippen LogP contribution in [0.25, 0.3) is 0 Å². The van der Waals surface area contributed by atoms with E-state index in [9.17, 15) is 22.8 Å². The van der Waals surface area contributed by atoms with Crippen LogP contribution in [-0.2, 0) is 24.6 Å². The molecule has 24 heavy (non-hydrogen) atoms. The molecule has 0 spiro atoms. The third kappa shape index (κ3) is 3.94. The van der Waals surface area contributed by atoms with Gasteiger partial charge in [-0.2, -0.15) is 13.2 Å². The topological polar surface area (TPSA) is 78.2 Å². The fourth-order valence-corrected chi connectivity index (χ4v) is 1.98. The molecule has 0 fully saturated rings. The molecule has 1 aromatic carbocycles. The molecule has 1 amide bonds. The maximum atomic E-state index is 12.7. The van der Waals surface area contributed by atoms with E-state index in [-0.39, 0.29) is 0 Å². The van der Waals surface area contributed by atoms with Gasteiger partial charge in [-0.3, -0.25) is 9.36 Å². The van der Waals surface area contributed by atoms with Crippen molar-refractivity contribution in [3.8, 4) is 5.75 Å². The number of hydrogen-bond acceptors (Lipinski definition) is 4. The predicted molar refractivity (Wildman–Crippen MR) is 78.7 cm³/mol. The number of rotatable bonds is 5. The lowest BCUT2D eigenvalue weighted by Crippen LogP contribution is -2.29. The minimum atomic E-state index is -4.77. The van der Waals surface area contributed by atoms with Gasteiger partial charge in [0.1, 0.15) is 12.3 Å². The third-order valence-corrected chi connectivity index (χ3v) is 3.04. The van der Waals surface area contributed by atoms with Crippen molar-refractivity contribution in [2.75, 3.05) is 11.9 Å². The Morgan fingerprint density at radius 3 is 2.42 bits per heavy atom. The molecular weight excluding hydrogens is 329 g/mol. The van der Waals surface area contributed by atoms with E-state index in [1.807, 2.05) is 6.92 Å². The molecule has 0 radical (unpaired) electrons. The number of benzene rings is 1. The summed E-state index contributed by atoms with van der Waals surface area (Å²) in [4.78, 5) is 23.6. The Bertz CT molecular complexity index is 778. The standard InChI is InChI=1S/C14H15F3N4O3/c1-3-24-10-6-4-9(5-7-10)18-11(22)8-21-13(23)20(2)12(19-21)14(15,16)17/h4-7H,3,8H2,1-2H3,(H,18,22). The first kappa shape index (κ1) is 17.6. The van der Waals surface area contributed by atoms with Gasteiger partial charge < -0.3 is 10.1 Å². The number of hydrogen-bond donors (Lipinski definition) is 1. The zero-order valence-electron chi connectivity index (χ0n) is 12.9. The summed E-state index contributed by atoms with van der Waals surface area (Å²) < 4.78 is 44.1. The number of alkyl halides is 3. The SMILES string of the molecule is CCOc1ccc(NC(=O)Cn2nc(C(F)(F)F)n(C)c2=O)cc1. The summed E-state index contributed by atoms with van der Waals surface area (Å²) in [7, 11) is 0.943. The number of carbonyl (C=O) groups excluding carboxylic acids is 1. The summed E-state index contributed by atoms with van der Waals surface area (Å²) in [6.07, 6.45) is -4.77. The Morgan fingerprint density at radius 2 is 1.92 bits per heavy atom. The molecule has 2 aromatic rings. The van der Waals surface area contributed by atoms with Crippen LogP contribution in [0.4, 0.5) is 18.9 Å². The number of ether oxygens (including phenoxy) is 1. The van der Waals surface area contributed by atoms with Crippen LogP contribution in [0.1, 0.15) is 12.7 Å². The molecule has 130 valence electrons. The smallest absolute Gasteiger partial charge is 0.451 e. The van der Waals surface area contributed by atoms with E-state index in [0.29, 0.717) is 27.3 Å². The van der Waals surface area contributed by atoms with Crippen LogP contribution in [0.5, 0.6) is 5.75 Å². The number of amides is 1. The molecule has 0 unspecified atom stereocenters. The van der Waals surface area contributed by atoms with Crippen LogP contribution in [0, 0.1) is 0 Å². The van der Waals surface area contributed by atoms with Crippen molar-refractivity contribution in [3.63, 3.8) is 0 Å². The van der Waals surface area contributed by atoms with E-state index in [1.165, 1.54) is 0 Å². The van der Waals surface area contributed by atoms with Gasteiger partial charge >= 0.3 is 11.9 Å². The fourth-order valence-electron chi connectivity index (χ4n) is 1.98. The van der Waals surface area contributed by atoms with Crippen molar-refractivity contribution in [2.45, 2.75) is 19.6 Å². The second-order valence-corrected chi connectivity index (χ2v) is 4.83. The average molecular weight is 344 g/mol. The van der Waals surface area contributed by atoms with Crippen LogP contribution < -0.4 is 15.7 Å². The molecule has 0 bridgehead atoms. The molecule has 0 aliphatic rings. The van der Waals surface area contributed by atoms with E-state index in [2.05, 4.69) is 10.4 Å². The van der Waals surface area contributed by atoms with Gasteiger partial charge in [-0.1, -0.05) is 0 Å². The summed E-state index contributed by atoms with van der Waals surface area (Å²) in [5, 5.41) is 5.63. The average Bonchev–Trinajstić information content (AvgIpc) is 2.78. The number of aromatic nitrogens is 3. The highest BCUT2D eigenvalue weighted by atomic mass is 19.4. The Labute approximate surface area is 134 Å². The largest absolute Gasteiger partial charge is 0.494 e. The van der Waals surface area contributed by atoms with Gasteiger partial charge in [0.2, 0.25) is 11.7 Å². The molecular formula is C14H15F3N4O3. The van der Waals surface area contributed by atoms with Gasteiger partial charge in [0, 0.05) is 12.7 Å². The summed E-state index contributed by atoms with van der Waals surface area (Å²) in [6, 6.07) is 6.41. The maximum Gasteiger partial charge on any atom is 0.451 e. The van der Waals surface area contributed by atoms with Crippen molar-refractivity contribution >= 4 is 11.6 Å². The molecule has 0 saturated heterocycles. The molecule has 0 aliphatic carbocycles. The number of carbonyl (C=O) groups is 1. The summed E-state index contributed by atoms with van der Waals surface area (Å²) in [5.74, 6) is -1.42. The molecule has 10 heteroatoms. The van der Waals surface area contributed by atoms with Gasteiger partial charge in [0.15, 0.2) is 0 Å². The number of nitrogens with one attached hydrogen (secondary N) is 1. The quantitative estimate of drug-likeness (QED) is 0.894. The Morgan fingerprint density at radius 1 is 1.29 bits per heavy atom. The van der Waals surface area contributed by atoms with Gasteiger partial charge in [-0.05, 0) is 31.2 Å². The first-order valence-electron chi connectivity index (χ1n) is 6.96. The van der Waals surface area contributed by atoms with Crippen LogP contribution >= 0.6 is 0 Å². The number of halogens is 3. The Hall–Kier alpha value is -2.78. The lowest BCUT2D eigenvalue weighted by atomic mass is 10.3. The molecule has 2 rings (SSSR count). The molecule has 0 saturated carbocycles. The minimum absolute atomic E-state index is 0.351. The zero-order chi connectivity index (χ0) is 17.9. The number of nitrogens with zero attached hydrogens (tertiary/aromatic N) is 3. The summed E-state index contributed by atoms with van der Waals surface area (Å²) >= 11 is 0. The normalized spacial score (nSPS) is 11.4. The van der Waals surface area contributed by atoms with Crippen molar-refractivity contribution in [1.82, 2.24) is 14.3 Å². The Balaban J connectivity index is 2.09. The fraction of sp³-hybridized carbons (Fsp3) is 0.357. The first-order valence-corrected chi connectivity index (χ1v) is 6.96. The molecule has 0 aliphatic heterocycles.